The van der Waals surface area contributed by atoms with Gasteiger partial charge in [-0.05, 0) is 164 Å². The zero-order valence-electron chi connectivity index (χ0n) is 59.1. The summed E-state index contributed by atoms with van der Waals surface area (Å²) in [5.41, 5.74) is 6.65. The molecule has 2 fully saturated rings. The van der Waals surface area contributed by atoms with Gasteiger partial charge in [-0.2, -0.15) is 0 Å². The highest BCUT2D eigenvalue weighted by Gasteiger charge is 2.44. The molecule has 94 heavy (non-hydrogen) atoms. The predicted molar refractivity (Wildman–Crippen MR) is 358 cm³/mol. The summed E-state index contributed by atoms with van der Waals surface area (Å²) < 4.78 is 12.0. The summed E-state index contributed by atoms with van der Waals surface area (Å²) in [7, 11) is 1.46. The molecule has 23 nitrogen and oxygen atoms in total. The second kappa shape index (κ2) is 41.2. The van der Waals surface area contributed by atoms with Gasteiger partial charge < -0.3 is 102 Å². The first-order chi connectivity index (χ1) is 43.5. The number of carbonyl (C=O) groups excluding carboxylic acids is 3. The zero-order valence-corrected chi connectivity index (χ0v) is 59.1. The summed E-state index contributed by atoms with van der Waals surface area (Å²) in [5, 5.41) is 175. The summed E-state index contributed by atoms with van der Waals surface area (Å²) >= 11 is 0. The number of aliphatic hydroxyl groups excluding tert-OH is 16. The van der Waals surface area contributed by atoms with Crippen molar-refractivity contribution in [2.45, 2.75) is 310 Å². The van der Waals surface area contributed by atoms with Crippen molar-refractivity contribution in [3.63, 3.8) is 0 Å². The van der Waals surface area contributed by atoms with Crippen molar-refractivity contribution >= 4 is 17.5 Å². The molecule has 2 saturated heterocycles. The molecule has 26 atom stereocenters. The largest absolute Gasteiger partial charge is 0.507 e. The van der Waals surface area contributed by atoms with Gasteiger partial charge in [-0.25, -0.2) is 0 Å². The van der Waals surface area contributed by atoms with Crippen LogP contribution in [0.4, 0.5) is 0 Å². The fraction of sp³-hybridized carbons (Fsp3) is 0.817. The van der Waals surface area contributed by atoms with Gasteiger partial charge in [-0.1, -0.05) is 94.4 Å². The number of rotatable bonds is 43. The fourth-order valence-corrected chi connectivity index (χ4v) is 12.6. The van der Waals surface area contributed by atoms with Crippen molar-refractivity contribution in [2.75, 3.05) is 7.05 Å². The number of allylic oxidation sites excluding steroid dienone is 5. The third-order valence-electron chi connectivity index (χ3n) is 19.7. The normalized spacial score (nSPS) is 26.7. The second-order valence-corrected chi connectivity index (χ2v) is 28.9. The topological polar surface area (TPSA) is 423 Å². The minimum absolute atomic E-state index is 0.00698. The van der Waals surface area contributed by atoms with Crippen molar-refractivity contribution in [1.82, 2.24) is 4.90 Å². The smallest absolute Gasteiger partial charge is 0.265 e. The van der Waals surface area contributed by atoms with Crippen LogP contribution in [-0.4, -0.2) is 227 Å². The van der Waals surface area contributed by atoms with Crippen LogP contribution < -0.4 is 5.73 Å². The Balaban J connectivity index is 1.95. The van der Waals surface area contributed by atoms with E-state index >= 15 is 0 Å². The zero-order chi connectivity index (χ0) is 72.1. The number of hydrogen-bond acceptors (Lipinski definition) is 22. The van der Waals surface area contributed by atoms with Crippen molar-refractivity contribution in [3.8, 4) is 0 Å². The Morgan fingerprint density at radius 1 is 0.596 bits per heavy atom. The quantitative estimate of drug-likeness (QED) is 0.0176. The molecule has 2 aliphatic rings. The number of nitrogens with two attached hydrogens (primary N) is 1. The number of likely N-dealkylation sites (N-methyl/N-ethyl adjacent to an activating group) is 1. The molecule has 0 radical (unpaired) electrons. The lowest BCUT2D eigenvalue weighted by atomic mass is 9.82. The van der Waals surface area contributed by atoms with Gasteiger partial charge in [0, 0.05) is 37.1 Å². The molecule has 0 saturated carbocycles. The van der Waals surface area contributed by atoms with Crippen LogP contribution in [0, 0.1) is 53.3 Å². The maximum atomic E-state index is 13.6. The third-order valence-corrected chi connectivity index (χ3v) is 19.7. The van der Waals surface area contributed by atoms with Gasteiger partial charge in [-0.15, -0.1) is 0 Å². The first kappa shape index (κ1) is 86.7. The van der Waals surface area contributed by atoms with Crippen LogP contribution in [0.5, 0.6) is 0 Å². The number of amides is 1. The van der Waals surface area contributed by atoms with Crippen LogP contribution in [0.2, 0.25) is 0 Å². The Kier molecular flexibility index (Phi) is 38.0. The Bertz CT molecular complexity index is 2450. The molecular weight excluding hydrogens is 1220 g/mol. The highest BCUT2D eigenvalue weighted by atomic mass is 16.7. The van der Waals surface area contributed by atoms with Gasteiger partial charge in [0.05, 0.1) is 109 Å². The van der Waals surface area contributed by atoms with Crippen molar-refractivity contribution in [1.29, 1.82) is 0 Å². The predicted octanol–water partition coefficient (Wildman–Crippen LogP) is 4.23. The van der Waals surface area contributed by atoms with E-state index in [1.165, 1.54) is 37.9 Å². The minimum Gasteiger partial charge on any atom is -0.507 e. The molecule has 0 aromatic rings. The molecule has 2 heterocycles. The van der Waals surface area contributed by atoms with Crippen molar-refractivity contribution in [3.05, 3.63) is 58.1 Å². The van der Waals surface area contributed by atoms with Crippen LogP contribution >= 0.6 is 0 Å². The molecule has 0 aliphatic carbocycles. The lowest BCUT2D eigenvalue weighted by Gasteiger charge is -2.42. The second-order valence-electron chi connectivity index (χ2n) is 28.9. The Morgan fingerprint density at radius 3 is 1.62 bits per heavy atom. The highest BCUT2D eigenvalue weighted by molar-refractivity contribution is 6.32. The average Bonchev–Trinajstić information content (AvgIpc) is 1.61. The fourth-order valence-electron chi connectivity index (χ4n) is 12.6. The molecule has 0 spiro atoms. The number of carbonyl (C=O) groups is 3. The molecule has 18 N–H and O–H groups in total. The van der Waals surface area contributed by atoms with E-state index in [-0.39, 0.29) is 110 Å². The third kappa shape index (κ3) is 27.0. The maximum Gasteiger partial charge on any atom is 0.265 e. The summed E-state index contributed by atoms with van der Waals surface area (Å²) in [6.45, 7) is 25.8. The van der Waals surface area contributed by atoms with Crippen LogP contribution in [0.1, 0.15) is 194 Å². The van der Waals surface area contributed by atoms with E-state index in [0.29, 0.717) is 37.7 Å². The van der Waals surface area contributed by atoms with E-state index in [1.807, 2.05) is 34.6 Å². The van der Waals surface area contributed by atoms with E-state index in [4.69, 9.17) is 15.2 Å². The molecule has 2 rings (SSSR count). The van der Waals surface area contributed by atoms with E-state index in [9.17, 15) is 96.1 Å². The Morgan fingerprint density at radius 2 is 1.10 bits per heavy atom. The Labute approximate surface area is 559 Å². The maximum absolute atomic E-state index is 13.6. The monoisotopic (exact) mass is 1340 g/mol. The standard InChI is InChI=1S/C71H126N2O21/c1-35(2)28-53-68(90)59(70(92)73(53)16)66(88)40(8)23-27-51(77)32-49(75)25-21-38(6)63(85)44(12)54(79)18-17-19-55(80)45(13)65(87)42(10)29-41(9)62(84)43(11)30-56(81)57(82)33-52(78)34-58(94-71-69(91)60(72)67(89)47(15)93-71)37(5)20-24-48(74)31-50(76)26-22-39(7)64(86)46(14)61(83)36(3)4/h23,28-30,35-39,41,44-52,54-58,60-61,63-65,67,69,71,74-83,85-89,91H,17-22,24-27,31-34,72H2,1-16H3/b40-23+,42-29+,43-30+,53-28-,66-59-. The molecule has 1 amide bonds. The van der Waals surface area contributed by atoms with Crippen molar-refractivity contribution in [2.24, 2.45) is 59.0 Å². The summed E-state index contributed by atoms with van der Waals surface area (Å²) in [6, 6.07) is -1.12. The highest BCUT2D eigenvalue weighted by Crippen LogP contribution is 2.33. The van der Waals surface area contributed by atoms with Gasteiger partial charge >= 0.3 is 0 Å². The molecule has 26 unspecified atom stereocenters. The minimum atomic E-state index is -1.61. The molecular formula is C71H126N2O21. The van der Waals surface area contributed by atoms with Crippen LogP contribution in [0.25, 0.3) is 0 Å². The molecule has 546 valence electrons. The number of ketones is 2. The summed E-state index contributed by atoms with van der Waals surface area (Å²) in [4.78, 5) is 40.5. The Hall–Kier alpha value is -3.41. The SMILES string of the molecule is C/C(=C\C(O)C(O)CC(O)CC(OC1OC(C)C(O)C(N)C1O)C(C)CCC(O)CC(O)CCC(C)C(O)C(C)C(O)C(C)C)C(=O)C(C)/C=C(\C)C(O)C(C)C(O)CCCC(O)C(C)C(O)C(C)CCC(O)CC(O)C/C=C(C)/C(O)=C1\C(=O)/C(=C/C(C)C)N(C)C1=O. The molecule has 23 heteroatoms. The number of likely N-dealkylation sites (tertiary alicyclic amines) is 1. The first-order valence-corrected chi connectivity index (χ1v) is 34.4. The number of hydrogen-bond donors (Lipinski definition) is 17. The van der Waals surface area contributed by atoms with Crippen molar-refractivity contribution < 1.29 is 106 Å². The van der Waals surface area contributed by atoms with Crippen LogP contribution in [0.15, 0.2) is 58.1 Å². The summed E-state index contributed by atoms with van der Waals surface area (Å²) in [5.74, 6) is -5.57. The van der Waals surface area contributed by atoms with Gasteiger partial charge in [0.25, 0.3) is 5.91 Å². The molecule has 0 aromatic carbocycles. The van der Waals surface area contributed by atoms with Crippen LogP contribution in [0.3, 0.4) is 0 Å². The lowest BCUT2D eigenvalue weighted by Crippen LogP contribution is -2.61. The number of aliphatic hydroxyl groups is 16. The van der Waals surface area contributed by atoms with E-state index in [2.05, 4.69) is 0 Å². The number of Topliss-reactive ketones (excluding diaryl/α,β-unsaturated/α-hetero) is 2. The van der Waals surface area contributed by atoms with Gasteiger partial charge in [0.2, 0.25) is 5.78 Å². The average molecular weight is 1340 g/mol. The van der Waals surface area contributed by atoms with E-state index in [0.717, 1.165) is 0 Å². The lowest BCUT2D eigenvalue weighted by molar-refractivity contribution is -0.287. The summed E-state index contributed by atoms with van der Waals surface area (Å²) in [6.07, 6.45) is -11.3. The van der Waals surface area contributed by atoms with Gasteiger partial charge in [0.15, 0.2) is 12.1 Å². The molecule has 2 aliphatic heterocycles. The first-order valence-electron chi connectivity index (χ1n) is 34.4. The van der Waals surface area contributed by atoms with E-state index < -0.39 is 163 Å². The van der Waals surface area contributed by atoms with E-state index in [1.54, 1.807) is 67.5 Å². The number of nitrogens with zero attached hydrogens (tertiary/aromatic N) is 1. The van der Waals surface area contributed by atoms with Gasteiger partial charge in [-0.3, -0.25) is 14.4 Å². The number of ether oxygens (including phenoxy) is 2. The van der Waals surface area contributed by atoms with Crippen LogP contribution in [-0.2, 0) is 23.9 Å². The van der Waals surface area contributed by atoms with Gasteiger partial charge in [0.1, 0.15) is 17.4 Å². The molecule has 0 aromatic heterocycles. The molecule has 0 bridgehead atoms.